The maximum absolute atomic E-state index is 12.9. The first kappa shape index (κ1) is 22.6. The number of carbonyl (C=O) groups is 2. The Hall–Kier alpha value is -3.06. The first-order valence-corrected chi connectivity index (χ1v) is 10.5. The second-order valence-corrected chi connectivity index (χ2v) is 8.16. The van der Waals surface area contributed by atoms with Crippen LogP contribution in [-0.4, -0.2) is 47.6 Å². The lowest BCUT2D eigenvalue weighted by Crippen LogP contribution is -2.33. The molecular formula is C24H29NO6. The van der Waals surface area contributed by atoms with Gasteiger partial charge < -0.3 is 23.9 Å². The molecule has 1 amide bonds. The van der Waals surface area contributed by atoms with Crippen molar-refractivity contribution < 1.29 is 28.6 Å². The zero-order valence-electron chi connectivity index (χ0n) is 18.3. The number of furan rings is 1. The molecule has 1 fully saturated rings. The van der Waals surface area contributed by atoms with Crippen LogP contribution in [-0.2, 0) is 14.3 Å². The minimum absolute atomic E-state index is 0.00698. The van der Waals surface area contributed by atoms with Crippen molar-refractivity contribution in [3.63, 3.8) is 0 Å². The molecule has 1 atom stereocenters. The van der Waals surface area contributed by atoms with Gasteiger partial charge in [0.15, 0.2) is 0 Å². The van der Waals surface area contributed by atoms with E-state index in [1.54, 1.807) is 36.4 Å². The maximum atomic E-state index is 12.9. The van der Waals surface area contributed by atoms with Crippen molar-refractivity contribution in [2.45, 2.75) is 39.8 Å². The number of hydrogen-bond donors (Lipinski definition) is 1. The van der Waals surface area contributed by atoms with E-state index >= 15 is 0 Å². The van der Waals surface area contributed by atoms with E-state index in [0.717, 1.165) is 0 Å². The lowest BCUT2D eigenvalue weighted by atomic mass is 9.99. The molecule has 1 aliphatic heterocycles. The van der Waals surface area contributed by atoms with Gasteiger partial charge in [-0.25, -0.2) is 0 Å². The number of Topliss-reactive ketones (excluding diaryl/α,β-unsaturated/α-hetero) is 1. The molecule has 0 aliphatic carbocycles. The van der Waals surface area contributed by atoms with Gasteiger partial charge in [-0.15, -0.1) is 0 Å². The Morgan fingerprint density at radius 3 is 2.58 bits per heavy atom. The number of aliphatic hydroxyl groups is 1. The third-order valence-electron chi connectivity index (χ3n) is 4.83. The van der Waals surface area contributed by atoms with E-state index in [4.69, 9.17) is 13.9 Å². The van der Waals surface area contributed by atoms with Crippen LogP contribution in [0.1, 0.15) is 45.1 Å². The van der Waals surface area contributed by atoms with Gasteiger partial charge in [0, 0.05) is 12.1 Å². The number of ether oxygens (including phenoxy) is 2. The van der Waals surface area contributed by atoms with Crippen LogP contribution < -0.4 is 4.74 Å². The van der Waals surface area contributed by atoms with Crippen molar-refractivity contribution in [3.05, 3.63) is 59.6 Å². The SMILES string of the molecule is CC(C)COc1cccc(/C(O)=C2/C(=O)C(=O)N(CCOC(C)C)C2c2ccco2)c1. The van der Waals surface area contributed by atoms with Crippen LogP contribution in [0.5, 0.6) is 5.75 Å². The van der Waals surface area contributed by atoms with Crippen LogP contribution in [0.4, 0.5) is 0 Å². The Labute approximate surface area is 182 Å². The zero-order chi connectivity index (χ0) is 22.5. The van der Waals surface area contributed by atoms with Gasteiger partial charge in [0.1, 0.15) is 23.3 Å². The predicted octanol–water partition coefficient (Wildman–Crippen LogP) is 4.16. The third kappa shape index (κ3) is 5.17. The number of nitrogens with zero attached hydrogens (tertiary/aromatic N) is 1. The fourth-order valence-electron chi connectivity index (χ4n) is 3.39. The molecule has 0 spiro atoms. The molecule has 1 unspecified atom stereocenters. The van der Waals surface area contributed by atoms with Gasteiger partial charge in [0.25, 0.3) is 11.7 Å². The molecule has 1 N–H and O–H groups in total. The molecule has 0 bridgehead atoms. The smallest absolute Gasteiger partial charge is 0.295 e. The predicted molar refractivity (Wildman–Crippen MR) is 116 cm³/mol. The zero-order valence-corrected chi connectivity index (χ0v) is 18.3. The van der Waals surface area contributed by atoms with Crippen LogP contribution in [0.15, 0.2) is 52.7 Å². The standard InChI is InChI=1S/C24H29NO6/c1-15(2)14-31-18-8-5-7-17(13-18)22(26)20-21(19-9-6-11-30-19)25(24(28)23(20)27)10-12-29-16(3)4/h5-9,11,13,15-16,21,26H,10,12,14H2,1-4H3/b22-20-. The van der Waals surface area contributed by atoms with E-state index in [2.05, 4.69) is 0 Å². The molecule has 0 radical (unpaired) electrons. The summed E-state index contributed by atoms with van der Waals surface area (Å²) in [6.07, 6.45) is 1.47. The molecule has 1 aromatic carbocycles. The van der Waals surface area contributed by atoms with Crippen LogP contribution in [0.2, 0.25) is 0 Å². The van der Waals surface area contributed by atoms with Gasteiger partial charge in [0.2, 0.25) is 0 Å². The Morgan fingerprint density at radius 1 is 1.16 bits per heavy atom. The van der Waals surface area contributed by atoms with E-state index < -0.39 is 17.7 Å². The molecule has 7 nitrogen and oxygen atoms in total. The van der Waals surface area contributed by atoms with E-state index in [0.29, 0.717) is 29.6 Å². The fourth-order valence-corrected chi connectivity index (χ4v) is 3.39. The Kier molecular flexibility index (Phi) is 7.17. The molecule has 1 aliphatic rings. The average molecular weight is 427 g/mol. The van der Waals surface area contributed by atoms with Crippen molar-refractivity contribution >= 4 is 17.4 Å². The average Bonchev–Trinajstić information content (AvgIpc) is 3.34. The van der Waals surface area contributed by atoms with E-state index in [-0.39, 0.29) is 30.6 Å². The van der Waals surface area contributed by atoms with Crippen molar-refractivity contribution in [1.82, 2.24) is 4.90 Å². The van der Waals surface area contributed by atoms with E-state index in [9.17, 15) is 14.7 Å². The highest BCUT2D eigenvalue weighted by atomic mass is 16.5. The van der Waals surface area contributed by atoms with Crippen molar-refractivity contribution in [2.75, 3.05) is 19.8 Å². The van der Waals surface area contributed by atoms with E-state index in [1.807, 2.05) is 27.7 Å². The molecule has 2 aromatic rings. The summed E-state index contributed by atoms with van der Waals surface area (Å²) in [5, 5.41) is 11.1. The van der Waals surface area contributed by atoms with Crippen LogP contribution in [0.3, 0.4) is 0 Å². The van der Waals surface area contributed by atoms with Crippen LogP contribution >= 0.6 is 0 Å². The Bertz CT molecular complexity index is 945. The number of ketones is 1. The van der Waals surface area contributed by atoms with Crippen LogP contribution in [0, 0.1) is 5.92 Å². The second kappa shape index (κ2) is 9.83. The summed E-state index contributed by atoms with van der Waals surface area (Å²) in [6, 6.07) is 9.39. The number of carbonyl (C=O) groups excluding carboxylic acids is 2. The molecule has 7 heteroatoms. The van der Waals surface area contributed by atoms with Gasteiger partial charge in [-0.05, 0) is 44.0 Å². The Morgan fingerprint density at radius 2 is 1.94 bits per heavy atom. The summed E-state index contributed by atoms with van der Waals surface area (Å²) in [5.74, 6) is -0.388. The highest BCUT2D eigenvalue weighted by molar-refractivity contribution is 6.46. The minimum atomic E-state index is -0.828. The quantitative estimate of drug-likeness (QED) is 0.367. The highest BCUT2D eigenvalue weighted by Gasteiger charge is 2.47. The molecule has 3 rings (SSSR count). The molecule has 166 valence electrons. The highest BCUT2D eigenvalue weighted by Crippen LogP contribution is 2.39. The first-order valence-electron chi connectivity index (χ1n) is 10.5. The summed E-state index contributed by atoms with van der Waals surface area (Å²) in [7, 11) is 0. The topological polar surface area (TPSA) is 89.2 Å². The fraction of sp³-hybridized carbons (Fsp3) is 0.417. The van der Waals surface area contributed by atoms with E-state index in [1.165, 1.54) is 11.2 Å². The van der Waals surface area contributed by atoms with Crippen molar-refractivity contribution in [3.8, 4) is 5.75 Å². The van der Waals surface area contributed by atoms with Gasteiger partial charge >= 0.3 is 0 Å². The number of likely N-dealkylation sites (tertiary alicyclic amines) is 1. The summed E-state index contributed by atoms with van der Waals surface area (Å²) in [5.41, 5.74) is 0.389. The Balaban J connectivity index is 1.98. The molecular weight excluding hydrogens is 398 g/mol. The second-order valence-electron chi connectivity index (χ2n) is 8.16. The lowest BCUT2D eigenvalue weighted by molar-refractivity contribution is -0.140. The van der Waals surface area contributed by atoms with Gasteiger partial charge in [-0.2, -0.15) is 0 Å². The van der Waals surface area contributed by atoms with Crippen LogP contribution in [0.25, 0.3) is 5.76 Å². The summed E-state index contributed by atoms with van der Waals surface area (Å²) in [6.45, 7) is 8.86. The number of rotatable bonds is 9. The normalized spacial score (nSPS) is 18.4. The largest absolute Gasteiger partial charge is 0.507 e. The molecule has 31 heavy (non-hydrogen) atoms. The number of benzene rings is 1. The minimum Gasteiger partial charge on any atom is -0.507 e. The summed E-state index contributed by atoms with van der Waals surface area (Å²) in [4.78, 5) is 27.1. The molecule has 0 saturated carbocycles. The maximum Gasteiger partial charge on any atom is 0.295 e. The molecule has 2 heterocycles. The lowest BCUT2D eigenvalue weighted by Gasteiger charge is -2.23. The van der Waals surface area contributed by atoms with Crippen molar-refractivity contribution in [1.29, 1.82) is 0 Å². The first-order chi connectivity index (χ1) is 14.8. The number of amides is 1. The van der Waals surface area contributed by atoms with Crippen molar-refractivity contribution in [2.24, 2.45) is 5.92 Å². The number of hydrogen-bond acceptors (Lipinski definition) is 6. The molecule has 1 aromatic heterocycles. The van der Waals surface area contributed by atoms with Gasteiger partial charge in [-0.3, -0.25) is 9.59 Å². The molecule has 1 saturated heterocycles. The summed E-state index contributed by atoms with van der Waals surface area (Å²) < 4.78 is 16.8. The monoisotopic (exact) mass is 427 g/mol. The van der Waals surface area contributed by atoms with Gasteiger partial charge in [-0.1, -0.05) is 26.0 Å². The van der Waals surface area contributed by atoms with Gasteiger partial charge in [0.05, 0.1) is 31.2 Å². The summed E-state index contributed by atoms with van der Waals surface area (Å²) >= 11 is 0. The number of aliphatic hydroxyl groups excluding tert-OH is 1. The third-order valence-corrected chi connectivity index (χ3v) is 4.83.